The molecule has 0 unspecified atom stereocenters. The number of hydrogen-bond donors (Lipinski definition) is 1. The highest BCUT2D eigenvalue weighted by atomic mass is 32.2. The van der Waals surface area contributed by atoms with Gasteiger partial charge in [0.1, 0.15) is 0 Å². The largest absolute Gasteiger partial charge is 0.338 e. The number of carbonyl (C=O) groups is 1. The Labute approximate surface area is 205 Å². The molecule has 2 aromatic carbocycles. The molecule has 0 saturated carbocycles. The van der Waals surface area contributed by atoms with Gasteiger partial charge in [-0.2, -0.15) is 4.98 Å². The molecule has 1 heterocycles. The number of sulfonamides is 1. The maximum absolute atomic E-state index is 12.2. The first-order chi connectivity index (χ1) is 16.5. The fraction of sp³-hybridized carbons (Fsp3) is 0.400. The van der Waals surface area contributed by atoms with E-state index in [1.165, 1.54) is 5.56 Å². The summed E-state index contributed by atoms with van der Waals surface area (Å²) in [4.78, 5) is 16.2. The predicted octanol–water partition coefficient (Wildman–Crippen LogP) is 5.59. The topological polar surface area (TPSA) is 102 Å². The Kier molecular flexibility index (Phi) is 10.2. The number of nitrogens with one attached hydrogen (secondary N) is 1. The summed E-state index contributed by atoms with van der Waals surface area (Å²) in [6.07, 6.45) is 5.75. The summed E-state index contributed by atoms with van der Waals surface area (Å²) in [7, 11) is -3.72. The Morgan fingerprint density at radius 1 is 0.912 bits per heavy atom. The lowest BCUT2D eigenvalue weighted by Gasteiger charge is -2.04. The van der Waals surface area contributed by atoms with Crippen LogP contribution in [0.2, 0.25) is 0 Å². The third-order valence-electron chi connectivity index (χ3n) is 5.24. The Morgan fingerprint density at radius 2 is 1.59 bits per heavy atom. The van der Waals surface area contributed by atoms with Crippen LogP contribution in [0, 0.1) is 0 Å². The van der Waals surface area contributed by atoms with Gasteiger partial charge in [0.05, 0.1) is 11.5 Å². The monoisotopic (exact) mass is 501 g/mol. The summed E-state index contributed by atoms with van der Waals surface area (Å²) in [5.74, 6) is 0.229. The highest BCUT2D eigenvalue weighted by Crippen LogP contribution is 2.22. The lowest BCUT2D eigenvalue weighted by molar-refractivity contribution is 0.0968. The minimum absolute atomic E-state index is 0.0888. The van der Waals surface area contributed by atoms with Gasteiger partial charge in [-0.1, -0.05) is 98.8 Å². The molecule has 0 atom stereocenters. The second-order valence-electron chi connectivity index (χ2n) is 8.09. The van der Waals surface area contributed by atoms with Gasteiger partial charge in [-0.25, -0.2) is 13.1 Å². The van der Waals surface area contributed by atoms with E-state index in [0.717, 1.165) is 49.0 Å². The second-order valence-corrected chi connectivity index (χ2v) is 10.9. The van der Waals surface area contributed by atoms with Gasteiger partial charge in [-0.3, -0.25) is 4.79 Å². The van der Waals surface area contributed by atoms with Crippen molar-refractivity contribution in [2.45, 2.75) is 57.0 Å². The number of thioether (sulfide) groups is 1. The van der Waals surface area contributed by atoms with Gasteiger partial charge in [0, 0.05) is 5.75 Å². The number of rotatable bonds is 14. The lowest BCUT2D eigenvalue weighted by atomic mass is 10.0. The number of aromatic nitrogens is 2. The predicted molar refractivity (Wildman–Crippen MR) is 136 cm³/mol. The maximum Gasteiger partial charge on any atom is 0.306 e. The minimum Gasteiger partial charge on any atom is -0.338 e. The van der Waals surface area contributed by atoms with E-state index in [4.69, 9.17) is 4.52 Å². The average molecular weight is 502 g/mol. The fourth-order valence-corrected chi connectivity index (χ4v) is 5.28. The van der Waals surface area contributed by atoms with Crippen molar-refractivity contribution in [3.8, 4) is 11.1 Å². The Bertz CT molecular complexity index is 1130. The van der Waals surface area contributed by atoms with E-state index >= 15 is 0 Å². The van der Waals surface area contributed by atoms with Crippen LogP contribution in [0.5, 0.6) is 0 Å². The molecule has 182 valence electrons. The van der Waals surface area contributed by atoms with Crippen molar-refractivity contribution in [1.29, 1.82) is 0 Å². The molecule has 0 aliphatic rings. The molecule has 0 spiro atoms. The number of benzene rings is 2. The number of unbranched alkanes of at least 4 members (excludes halogenated alkanes) is 5. The molecule has 0 radical (unpaired) electrons. The number of nitrogens with zero attached hydrogens (tertiary/aromatic N) is 2. The van der Waals surface area contributed by atoms with Crippen molar-refractivity contribution in [2.24, 2.45) is 0 Å². The Morgan fingerprint density at radius 3 is 2.32 bits per heavy atom. The molecule has 9 heteroatoms. The number of carbonyl (C=O) groups excluding carboxylic acids is 1. The van der Waals surface area contributed by atoms with Crippen LogP contribution >= 0.6 is 11.8 Å². The van der Waals surface area contributed by atoms with Crippen LogP contribution in [0.4, 0.5) is 0 Å². The van der Waals surface area contributed by atoms with E-state index in [2.05, 4.69) is 53.5 Å². The Hall–Kier alpha value is -2.65. The van der Waals surface area contributed by atoms with Crippen molar-refractivity contribution < 1.29 is 17.7 Å². The smallest absolute Gasteiger partial charge is 0.306 e. The van der Waals surface area contributed by atoms with E-state index in [-0.39, 0.29) is 17.5 Å². The molecule has 1 N–H and O–H groups in total. The van der Waals surface area contributed by atoms with E-state index in [0.29, 0.717) is 12.2 Å². The van der Waals surface area contributed by atoms with E-state index in [1.54, 1.807) is 11.8 Å². The fourth-order valence-electron chi connectivity index (χ4n) is 3.40. The first-order valence-corrected chi connectivity index (χ1v) is 14.4. The zero-order valence-corrected chi connectivity index (χ0v) is 21.0. The number of hydrogen-bond acceptors (Lipinski definition) is 7. The standard InChI is InChI=1S/C25H31N3O4S2/c1-2-3-4-5-6-10-17-34(30,31)28-25(29)24-26-23(32-27-24)19-33-18-20-13-15-22(16-14-20)21-11-8-7-9-12-21/h7-9,11-16H,2-6,10,17-19H2,1H3,(H,28,29). The molecular formula is C25H31N3O4S2. The van der Waals surface area contributed by atoms with Gasteiger partial charge >= 0.3 is 5.91 Å². The molecular weight excluding hydrogens is 470 g/mol. The van der Waals surface area contributed by atoms with E-state index < -0.39 is 15.9 Å². The maximum atomic E-state index is 12.2. The van der Waals surface area contributed by atoms with Gasteiger partial charge in [-0.15, -0.1) is 11.8 Å². The van der Waals surface area contributed by atoms with Crippen molar-refractivity contribution >= 4 is 27.7 Å². The van der Waals surface area contributed by atoms with Crippen LogP contribution in [0.1, 0.15) is 67.5 Å². The average Bonchev–Trinajstić information content (AvgIpc) is 3.31. The molecule has 1 aromatic heterocycles. The first-order valence-electron chi connectivity index (χ1n) is 11.6. The SMILES string of the molecule is CCCCCCCCS(=O)(=O)NC(=O)c1noc(CSCc2ccc(-c3ccccc3)cc2)n1. The zero-order valence-electron chi connectivity index (χ0n) is 19.4. The summed E-state index contributed by atoms with van der Waals surface area (Å²) in [6, 6.07) is 18.5. The molecule has 0 aliphatic heterocycles. The van der Waals surface area contributed by atoms with Crippen LogP contribution in [-0.4, -0.2) is 30.2 Å². The van der Waals surface area contributed by atoms with Gasteiger partial charge in [0.2, 0.25) is 15.9 Å². The lowest BCUT2D eigenvalue weighted by Crippen LogP contribution is -2.33. The highest BCUT2D eigenvalue weighted by molar-refractivity contribution is 7.97. The second kappa shape index (κ2) is 13.3. The molecule has 0 aliphatic carbocycles. The quantitative estimate of drug-likeness (QED) is 0.287. The number of amides is 1. The molecule has 34 heavy (non-hydrogen) atoms. The van der Waals surface area contributed by atoms with Crippen LogP contribution < -0.4 is 4.72 Å². The summed E-state index contributed by atoms with van der Waals surface area (Å²) in [5, 5.41) is 3.63. The van der Waals surface area contributed by atoms with Crippen molar-refractivity contribution in [1.82, 2.24) is 14.9 Å². The van der Waals surface area contributed by atoms with Crippen LogP contribution in [-0.2, 0) is 21.5 Å². The first kappa shape index (κ1) is 26.0. The molecule has 0 fully saturated rings. The molecule has 7 nitrogen and oxygen atoms in total. The molecule has 3 rings (SSSR count). The highest BCUT2D eigenvalue weighted by Gasteiger charge is 2.20. The molecule has 1 amide bonds. The van der Waals surface area contributed by atoms with Crippen molar-refractivity contribution in [2.75, 3.05) is 5.75 Å². The molecule has 0 saturated heterocycles. The molecule has 0 bridgehead atoms. The molecule has 3 aromatic rings. The normalized spacial score (nSPS) is 11.4. The van der Waals surface area contributed by atoms with Crippen LogP contribution in [0.25, 0.3) is 11.1 Å². The van der Waals surface area contributed by atoms with Crippen molar-refractivity contribution in [3.05, 3.63) is 71.9 Å². The van der Waals surface area contributed by atoms with Gasteiger partial charge in [0.15, 0.2) is 0 Å². The van der Waals surface area contributed by atoms with Gasteiger partial charge < -0.3 is 4.52 Å². The summed E-state index contributed by atoms with van der Waals surface area (Å²) >= 11 is 1.57. The van der Waals surface area contributed by atoms with E-state index in [9.17, 15) is 13.2 Å². The zero-order chi connectivity index (χ0) is 24.2. The van der Waals surface area contributed by atoms with E-state index in [1.807, 2.05) is 22.9 Å². The summed E-state index contributed by atoms with van der Waals surface area (Å²) in [6.45, 7) is 2.13. The van der Waals surface area contributed by atoms with Gasteiger partial charge in [-0.05, 0) is 23.1 Å². The van der Waals surface area contributed by atoms with Crippen LogP contribution in [0.15, 0.2) is 59.1 Å². The third-order valence-corrected chi connectivity index (χ3v) is 7.55. The van der Waals surface area contributed by atoms with Crippen molar-refractivity contribution in [3.63, 3.8) is 0 Å². The van der Waals surface area contributed by atoms with Crippen LogP contribution in [0.3, 0.4) is 0 Å². The third kappa shape index (κ3) is 8.61. The summed E-state index contributed by atoms with van der Waals surface area (Å²) < 4.78 is 31.4. The Balaban J connectivity index is 1.41. The summed E-state index contributed by atoms with van der Waals surface area (Å²) in [5.41, 5.74) is 3.49. The van der Waals surface area contributed by atoms with Gasteiger partial charge in [0.25, 0.3) is 5.82 Å². The minimum atomic E-state index is -3.72.